The molecule has 0 aliphatic carbocycles. The molecule has 1 aromatic heterocycles. The Morgan fingerprint density at radius 2 is 1.77 bits per heavy atom. The molecular formula is C34H43N7O2. The zero-order valence-corrected chi connectivity index (χ0v) is 25.7. The van der Waals surface area contributed by atoms with Gasteiger partial charge in [-0.05, 0) is 96.7 Å². The monoisotopic (exact) mass is 581 g/mol. The molecule has 43 heavy (non-hydrogen) atoms. The van der Waals surface area contributed by atoms with E-state index in [-0.39, 0.29) is 11.9 Å². The van der Waals surface area contributed by atoms with Gasteiger partial charge in [-0.1, -0.05) is 24.3 Å². The van der Waals surface area contributed by atoms with Crippen LogP contribution >= 0.6 is 0 Å². The molecular weight excluding hydrogens is 538 g/mol. The molecule has 0 radical (unpaired) electrons. The zero-order chi connectivity index (χ0) is 30.3. The molecule has 3 aromatic rings. The third-order valence-electron chi connectivity index (χ3n) is 8.40. The van der Waals surface area contributed by atoms with Crippen molar-refractivity contribution in [2.45, 2.75) is 45.2 Å². The lowest BCUT2D eigenvalue weighted by Gasteiger charge is -2.34. The number of piperidine rings is 1. The van der Waals surface area contributed by atoms with E-state index in [4.69, 9.17) is 15.2 Å². The quantitative estimate of drug-likeness (QED) is 0.241. The fourth-order valence-corrected chi connectivity index (χ4v) is 5.93. The standard InChI is InChI=1S/C34H43N7O2/c1-5-36-34-32(25(2)35)33(26-13-15-30(16-14-26)43-29-10-7-6-8-11-29)37-41(34)28-19-23-40(24-28)31(42)12-9-20-39(4)27-17-21-38(3)22-18-27/h5-16,27-28,35H,17-24H2,1-4H3. The summed E-state index contributed by atoms with van der Waals surface area (Å²) in [5.74, 6) is 2.19. The minimum atomic E-state index is -0.0227. The number of carbonyl (C=O) groups is 1. The van der Waals surface area contributed by atoms with E-state index in [9.17, 15) is 4.79 Å². The fraction of sp³-hybridized carbons (Fsp3) is 0.412. The SMILES string of the molecule is CC=Nc1c(C(C)=N)c(-c2ccc(Oc3ccccc3)cc2)nn1C1CCN(C(=O)C=CCN(C)C2CCN(C)CC2)C1. The average Bonchev–Trinajstić information content (AvgIpc) is 3.64. The maximum absolute atomic E-state index is 13.1. The molecule has 5 rings (SSSR count). The second-order valence-electron chi connectivity index (χ2n) is 11.5. The molecule has 0 spiro atoms. The summed E-state index contributed by atoms with van der Waals surface area (Å²) in [6.07, 6.45) is 8.57. The molecule has 2 aliphatic rings. The fourth-order valence-electron chi connectivity index (χ4n) is 5.93. The number of nitrogens with zero attached hydrogens (tertiary/aromatic N) is 6. The number of hydrogen-bond donors (Lipinski definition) is 1. The normalized spacial score (nSPS) is 18.3. The highest BCUT2D eigenvalue weighted by molar-refractivity contribution is 6.06. The molecule has 1 N–H and O–H groups in total. The van der Waals surface area contributed by atoms with Crippen LogP contribution in [0.4, 0.5) is 5.82 Å². The number of para-hydroxylation sites is 1. The van der Waals surface area contributed by atoms with Gasteiger partial charge in [0.05, 0.1) is 11.6 Å². The molecule has 9 nitrogen and oxygen atoms in total. The van der Waals surface area contributed by atoms with Gasteiger partial charge < -0.3 is 19.9 Å². The van der Waals surface area contributed by atoms with Crippen molar-refractivity contribution in [3.05, 3.63) is 72.3 Å². The van der Waals surface area contributed by atoms with Crippen molar-refractivity contribution in [1.82, 2.24) is 24.5 Å². The van der Waals surface area contributed by atoms with E-state index in [1.165, 1.54) is 12.8 Å². The number of carbonyl (C=O) groups excluding carboxylic acids is 1. The van der Waals surface area contributed by atoms with Crippen molar-refractivity contribution in [1.29, 1.82) is 5.41 Å². The van der Waals surface area contributed by atoms with Crippen molar-refractivity contribution in [3.63, 3.8) is 0 Å². The molecule has 9 heteroatoms. The van der Waals surface area contributed by atoms with Crippen LogP contribution < -0.4 is 4.74 Å². The molecule has 2 aliphatic heterocycles. The van der Waals surface area contributed by atoms with E-state index in [0.717, 1.165) is 43.1 Å². The molecule has 226 valence electrons. The topological polar surface area (TPSA) is 90.0 Å². The van der Waals surface area contributed by atoms with Crippen LogP contribution in [0.1, 0.15) is 44.7 Å². The third-order valence-corrected chi connectivity index (χ3v) is 8.40. The Morgan fingerprint density at radius 3 is 2.44 bits per heavy atom. The Bertz CT molecular complexity index is 1450. The van der Waals surface area contributed by atoms with Gasteiger partial charge in [-0.25, -0.2) is 9.67 Å². The summed E-state index contributed by atoms with van der Waals surface area (Å²) in [5.41, 5.74) is 2.70. The van der Waals surface area contributed by atoms with Crippen molar-refractivity contribution in [3.8, 4) is 22.8 Å². The van der Waals surface area contributed by atoms with E-state index in [0.29, 0.717) is 41.9 Å². The Labute approximate surface area is 255 Å². The van der Waals surface area contributed by atoms with Crippen LogP contribution in [0.5, 0.6) is 11.5 Å². The number of rotatable bonds is 10. The molecule has 2 saturated heterocycles. The van der Waals surface area contributed by atoms with Crippen LogP contribution in [-0.4, -0.2) is 95.2 Å². The van der Waals surface area contributed by atoms with Gasteiger partial charge in [-0.3, -0.25) is 9.69 Å². The van der Waals surface area contributed by atoms with Crippen LogP contribution in [0, 0.1) is 5.41 Å². The summed E-state index contributed by atoms with van der Waals surface area (Å²) >= 11 is 0. The van der Waals surface area contributed by atoms with Gasteiger partial charge in [0.25, 0.3) is 0 Å². The molecule has 1 unspecified atom stereocenters. The highest BCUT2D eigenvalue weighted by atomic mass is 16.5. The van der Waals surface area contributed by atoms with Gasteiger partial charge in [-0.2, -0.15) is 5.10 Å². The first kappa shape index (κ1) is 30.4. The molecule has 1 atom stereocenters. The van der Waals surface area contributed by atoms with Crippen molar-refractivity contribution in [2.24, 2.45) is 4.99 Å². The molecule has 2 fully saturated rings. The predicted molar refractivity (Wildman–Crippen MR) is 173 cm³/mol. The van der Waals surface area contributed by atoms with E-state index in [1.807, 2.05) is 77.2 Å². The van der Waals surface area contributed by atoms with Gasteiger partial charge in [0, 0.05) is 49.2 Å². The van der Waals surface area contributed by atoms with E-state index in [2.05, 4.69) is 28.9 Å². The maximum Gasteiger partial charge on any atom is 0.246 e. The van der Waals surface area contributed by atoms with E-state index in [1.54, 1.807) is 19.2 Å². The van der Waals surface area contributed by atoms with Crippen LogP contribution in [-0.2, 0) is 4.79 Å². The number of likely N-dealkylation sites (N-methyl/N-ethyl adjacent to an activating group) is 1. The molecule has 1 amide bonds. The summed E-state index contributed by atoms with van der Waals surface area (Å²) in [6.45, 7) is 7.87. The van der Waals surface area contributed by atoms with Gasteiger partial charge >= 0.3 is 0 Å². The number of hydrogen-bond acceptors (Lipinski definition) is 7. The molecule has 2 aromatic carbocycles. The first-order valence-electron chi connectivity index (χ1n) is 15.2. The van der Waals surface area contributed by atoms with Gasteiger partial charge in [0.1, 0.15) is 17.2 Å². The lowest BCUT2D eigenvalue weighted by molar-refractivity contribution is -0.125. The summed E-state index contributed by atoms with van der Waals surface area (Å²) < 4.78 is 7.89. The number of amides is 1. The van der Waals surface area contributed by atoms with Gasteiger partial charge in [0.2, 0.25) is 5.91 Å². The third kappa shape index (κ3) is 7.29. The Kier molecular flexibility index (Phi) is 9.84. The lowest BCUT2D eigenvalue weighted by Crippen LogP contribution is -2.41. The summed E-state index contributed by atoms with van der Waals surface area (Å²) in [7, 11) is 4.32. The average molecular weight is 582 g/mol. The first-order chi connectivity index (χ1) is 20.8. The van der Waals surface area contributed by atoms with E-state index >= 15 is 0 Å². The lowest BCUT2D eigenvalue weighted by atomic mass is 10.0. The second-order valence-corrected chi connectivity index (χ2v) is 11.5. The van der Waals surface area contributed by atoms with Crippen LogP contribution in [0.3, 0.4) is 0 Å². The minimum Gasteiger partial charge on any atom is -0.457 e. The number of benzene rings is 2. The number of ether oxygens (including phenoxy) is 1. The Balaban J connectivity index is 1.29. The zero-order valence-electron chi connectivity index (χ0n) is 25.7. The van der Waals surface area contributed by atoms with Crippen molar-refractivity contribution < 1.29 is 9.53 Å². The molecule has 3 heterocycles. The van der Waals surface area contributed by atoms with Crippen LogP contribution in [0.25, 0.3) is 11.3 Å². The Morgan fingerprint density at radius 1 is 1.07 bits per heavy atom. The number of aromatic nitrogens is 2. The van der Waals surface area contributed by atoms with Crippen molar-refractivity contribution in [2.75, 3.05) is 46.8 Å². The smallest absolute Gasteiger partial charge is 0.246 e. The second kappa shape index (κ2) is 13.9. The van der Waals surface area contributed by atoms with Crippen LogP contribution in [0.15, 0.2) is 71.7 Å². The summed E-state index contributed by atoms with van der Waals surface area (Å²) in [5, 5.41) is 13.6. The van der Waals surface area contributed by atoms with Gasteiger partial charge in [-0.15, -0.1) is 0 Å². The summed E-state index contributed by atoms with van der Waals surface area (Å²) in [6, 6.07) is 18.0. The van der Waals surface area contributed by atoms with Crippen molar-refractivity contribution >= 4 is 23.7 Å². The predicted octanol–water partition coefficient (Wildman–Crippen LogP) is 5.81. The number of nitrogens with one attached hydrogen (secondary N) is 1. The van der Waals surface area contributed by atoms with Crippen LogP contribution in [0.2, 0.25) is 0 Å². The highest BCUT2D eigenvalue weighted by Gasteiger charge is 2.31. The number of likely N-dealkylation sites (tertiary alicyclic amines) is 2. The minimum absolute atomic E-state index is 0.0227. The number of aliphatic imine (C=N–C) groups is 1. The van der Waals surface area contributed by atoms with E-state index < -0.39 is 0 Å². The largest absolute Gasteiger partial charge is 0.457 e. The Hall–Kier alpha value is -4.08. The first-order valence-corrected chi connectivity index (χ1v) is 15.2. The van der Waals surface area contributed by atoms with Gasteiger partial charge in [0.15, 0.2) is 5.82 Å². The maximum atomic E-state index is 13.1. The highest BCUT2D eigenvalue weighted by Crippen LogP contribution is 2.36. The molecule has 0 bridgehead atoms. The molecule has 0 saturated carbocycles. The summed E-state index contributed by atoms with van der Waals surface area (Å²) in [4.78, 5) is 24.4.